The normalized spacial score (nSPS) is 17.5. The first-order chi connectivity index (χ1) is 10.8. The molecule has 0 aliphatic heterocycles. The Kier molecular flexibility index (Phi) is 4.33. The maximum Gasteiger partial charge on any atom is 0.241 e. The first-order valence-corrected chi connectivity index (χ1v) is 10.2. The number of hydrogen-bond acceptors (Lipinski definition) is 4. The lowest BCUT2D eigenvalue weighted by Gasteiger charge is -2.28. The van der Waals surface area contributed by atoms with Crippen LogP contribution < -0.4 is 4.72 Å². The van der Waals surface area contributed by atoms with Crippen LogP contribution in [0.25, 0.3) is 0 Å². The van der Waals surface area contributed by atoms with Crippen molar-refractivity contribution in [1.29, 1.82) is 0 Å². The molecule has 0 saturated heterocycles. The van der Waals surface area contributed by atoms with Crippen molar-refractivity contribution in [2.24, 2.45) is 0 Å². The van der Waals surface area contributed by atoms with Gasteiger partial charge in [-0.15, -0.1) is 11.3 Å². The smallest absolute Gasteiger partial charge is 0.241 e. The van der Waals surface area contributed by atoms with Gasteiger partial charge in [0, 0.05) is 11.1 Å². The summed E-state index contributed by atoms with van der Waals surface area (Å²) in [5.41, 5.74) is 2.11. The fourth-order valence-corrected chi connectivity index (χ4v) is 6.06. The average molecular weight is 351 g/mol. The van der Waals surface area contributed by atoms with Gasteiger partial charge in [-0.3, -0.25) is 0 Å². The number of rotatable bonds is 4. The zero-order chi connectivity index (χ0) is 16.7. The van der Waals surface area contributed by atoms with E-state index < -0.39 is 15.6 Å². The number of nitrogens with one attached hydrogen (secondary N) is 1. The van der Waals surface area contributed by atoms with Gasteiger partial charge in [0.2, 0.25) is 10.0 Å². The molecule has 0 unspecified atom stereocenters. The topological polar surface area (TPSA) is 59.1 Å². The molecule has 0 bridgehead atoms. The minimum atomic E-state index is -3.58. The number of benzene rings is 1. The van der Waals surface area contributed by atoms with Gasteiger partial charge in [-0.05, 0) is 50.8 Å². The van der Waals surface area contributed by atoms with Crippen LogP contribution in [0.1, 0.15) is 47.5 Å². The molecule has 23 heavy (non-hydrogen) atoms. The molecule has 4 nitrogen and oxygen atoms in total. The van der Waals surface area contributed by atoms with E-state index >= 15 is 0 Å². The lowest BCUT2D eigenvalue weighted by molar-refractivity contribution is 0.402. The molecule has 1 aliphatic rings. The summed E-state index contributed by atoms with van der Waals surface area (Å²) in [5.74, 6) is 0. The second-order valence-electron chi connectivity index (χ2n) is 6.46. The zero-order valence-corrected chi connectivity index (χ0v) is 15.4. The largest absolute Gasteiger partial charge is 0.245 e. The van der Waals surface area contributed by atoms with E-state index in [-0.39, 0.29) is 0 Å². The molecule has 2 aromatic rings. The van der Waals surface area contributed by atoms with E-state index in [0.29, 0.717) is 4.90 Å². The van der Waals surface area contributed by atoms with Gasteiger partial charge >= 0.3 is 0 Å². The molecule has 1 N–H and O–H groups in total. The summed E-state index contributed by atoms with van der Waals surface area (Å²) in [5, 5.41) is 2.88. The summed E-state index contributed by atoms with van der Waals surface area (Å²) in [4.78, 5) is 4.95. The average Bonchev–Trinajstić information content (AvgIpc) is 3.11. The van der Waals surface area contributed by atoms with Crippen molar-refractivity contribution in [2.45, 2.75) is 56.9 Å². The molecule has 0 atom stereocenters. The molecule has 0 spiro atoms. The van der Waals surface area contributed by atoms with E-state index in [1.54, 1.807) is 17.4 Å². The second kappa shape index (κ2) is 6.00. The number of hydrogen-bond donors (Lipinski definition) is 1. The minimum Gasteiger partial charge on any atom is -0.245 e. The number of nitrogens with zero attached hydrogens (tertiary/aromatic N) is 1. The van der Waals surface area contributed by atoms with Gasteiger partial charge in [0.1, 0.15) is 5.01 Å². The predicted molar refractivity (Wildman–Crippen MR) is 93.2 cm³/mol. The summed E-state index contributed by atoms with van der Waals surface area (Å²) < 4.78 is 29.0. The molecular formula is C17H22N2O2S2. The Morgan fingerprint density at radius 3 is 2.48 bits per heavy atom. The maximum atomic E-state index is 13.0. The van der Waals surface area contributed by atoms with Gasteiger partial charge < -0.3 is 0 Å². The van der Waals surface area contributed by atoms with Crippen LogP contribution in [0.5, 0.6) is 0 Å². The molecule has 1 aliphatic carbocycles. The van der Waals surface area contributed by atoms with Crippen molar-refractivity contribution in [3.63, 3.8) is 0 Å². The van der Waals surface area contributed by atoms with Crippen LogP contribution in [-0.2, 0) is 15.6 Å². The highest BCUT2D eigenvalue weighted by Gasteiger charge is 2.42. The van der Waals surface area contributed by atoms with E-state index in [0.717, 1.165) is 47.5 Å². The number of sulfonamides is 1. The van der Waals surface area contributed by atoms with Crippen LogP contribution in [0.15, 0.2) is 28.5 Å². The van der Waals surface area contributed by atoms with Gasteiger partial charge in [0.05, 0.1) is 10.4 Å². The highest BCUT2D eigenvalue weighted by molar-refractivity contribution is 7.89. The molecule has 0 amide bonds. The second-order valence-corrected chi connectivity index (χ2v) is 8.97. The lowest BCUT2D eigenvalue weighted by Crippen LogP contribution is -2.43. The van der Waals surface area contributed by atoms with E-state index in [1.807, 2.05) is 38.3 Å². The molecule has 0 radical (unpaired) electrons. The Bertz CT molecular complexity index is 819. The molecule has 1 fully saturated rings. The SMILES string of the molecule is Cc1ccc(C)c(S(=O)(=O)NC2(c3nc(C)cs3)CCCC2)c1. The van der Waals surface area contributed by atoms with Gasteiger partial charge in [-0.2, -0.15) is 4.72 Å². The fraction of sp³-hybridized carbons (Fsp3) is 0.471. The van der Waals surface area contributed by atoms with Gasteiger partial charge in [0.15, 0.2) is 0 Å². The van der Waals surface area contributed by atoms with Crippen LogP contribution >= 0.6 is 11.3 Å². The van der Waals surface area contributed by atoms with Crippen molar-refractivity contribution in [3.05, 3.63) is 45.4 Å². The summed E-state index contributed by atoms with van der Waals surface area (Å²) in [7, 11) is -3.58. The molecule has 3 rings (SSSR count). The third kappa shape index (κ3) is 3.20. The number of aromatic nitrogens is 1. The third-order valence-corrected chi connectivity index (χ3v) is 7.29. The van der Waals surface area contributed by atoms with Crippen molar-refractivity contribution in [2.75, 3.05) is 0 Å². The highest BCUT2D eigenvalue weighted by atomic mass is 32.2. The molecular weight excluding hydrogens is 328 g/mol. The van der Waals surface area contributed by atoms with Gasteiger partial charge in [-0.1, -0.05) is 25.0 Å². The third-order valence-electron chi connectivity index (χ3n) is 4.45. The van der Waals surface area contributed by atoms with Crippen molar-refractivity contribution in [1.82, 2.24) is 9.71 Å². The summed E-state index contributed by atoms with van der Waals surface area (Å²) in [6, 6.07) is 5.54. The van der Waals surface area contributed by atoms with E-state index in [1.165, 1.54) is 0 Å². The summed E-state index contributed by atoms with van der Waals surface area (Å²) in [6.07, 6.45) is 3.66. The number of aryl methyl sites for hydroxylation is 3. The Morgan fingerprint density at radius 1 is 1.17 bits per heavy atom. The zero-order valence-electron chi connectivity index (χ0n) is 13.7. The fourth-order valence-electron chi connectivity index (χ4n) is 3.22. The van der Waals surface area contributed by atoms with E-state index in [9.17, 15) is 8.42 Å². The Morgan fingerprint density at radius 2 is 1.87 bits per heavy atom. The predicted octanol–water partition coefficient (Wildman–Crippen LogP) is 3.82. The Hall–Kier alpha value is -1.24. The monoisotopic (exact) mass is 350 g/mol. The van der Waals surface area contributed by atoms with Gasteiger partial charge in [-0.25, -0.2) is 13.4 Å². The molecule has 1 aromatic carbocycles. The quantitative estimate of drug-likeness (QED) is 0.912. The van der Waals surface area contributed by atoms with Gasteiger partial charge in [0.25, 0.3) is 0 Å². The Labute approximate surface area is 142 Å². The molecule has 1 saturated carbocycles. The number of thiazole rings is 1. The van der Waals surface area contributed by atoms with Crippen LogP contribution in [-0.4, -0.2) is 13.4 Å². The van der Waals surface area contributed by atoms with Crippen molar-refractivity contribution >= 4 is 21.4 Å². The molecule has 6 heteroatoms. The minimum absolute atomic E-state index is 0.372. The lowest BCUT2D eigenvalue weighted by atomic mass is 10.0. The molecule has 124 valence electrons. The van der Waals surface area contributed by atoms with E-state index in [2.05, 4.69) is 9.71 Å². The molecule has 1 aromatic heterocycles. The first-order valence-electron chi connectivity index (χ1n) is 7.86. The van der Waals surface area contributed by atoms with Crippen LogP contribution in [0, 0.1) is 20.8 Å². The van der Waals surface area contributed by atoms with E-state index in [4.69, 9.17) is 0 Å². The van der Waals surface area contributed by atoms with Crippen LogP contribution in [0.2, 0.25) is 0 Å². The standard InChI is InChI=1S/C17H22N2O2S2/c1-12-6-7-13(2)15(10-12)23(20,21)19-17(8-4-5-9-17)16-18-14(3)11-22-16/h6-7,10-11,19H,4-5,8-9H2,1-3H3. The van der Waals surface area contributed by atoms with Crippen LogP contribution in [0.3, 0.4) is 0 Å². The first kappa shape index (κ1) is 16.6. The van der Waals surface area contributed by atoms with Crippen molar-refractivity contribution in [3.8, 4) is 0 Å². The summed E-state index contributed by atoms with van der Waals surface area (Å²) >= 11 is 1.55. The summed E-state index contributed by atoms with van der Waals surface area (Å²) in [6.45, 7) is 5.69. The highest BCUT2D eigenvalue weighted by Crippen LogP contribution is 2.41. The maximum absolute atomic E-state index is 13.0. The van der Waals surface area contributed by atoms with Crippen molar-refractivity contribution < 1.29 is 8.42 Å². The Balaban J connectivity index is 2.01. The molecule has 1 heterocycles. The van der Waals surface area contributed by atoms with Crippen LogP contribution in [0.4, 0.5) is 0 Å².